The Hall–Kier alpha value is -3.43. The van der Waals surface area contributed by atoms with Gasteiger partial charge in [0, 0.05) is 0 Å². The van der Waals surface area contributed by atoms with Crippen molar-refractivity contribution in [1.29, 1.82) is 0 Å². The van der Waals surface area contributed by atoms with Gasteiger partial charge in [-0.05, 0) is 0 Å². The zero-order chi connectivity index (χ0) is 42.8. The quantitative estimate of drug-likeness (QED) is 0.194. The first-order valence-corrected chi connectivity index (χ1v) is 23.9. The minimum absolute atomic E-state index is 0.266. The molecule has 0 amide bonds. The molecule has 0 fully saturated rings. The van der Waals surface area contributed by atoms with E-state index < -0.39 is 17.9 Å². The maximum atomic E-state index is 12.2. The molecule has 4 rings (SSSR count). The van der Waals surface area contributed by atoms with Crippen molar-refractivity contribution in [1.82, 2.24) is 0 Å². The Balaban J connectivity index is 2.19. The van der Waals surface area contributed by atoms with Gasteiger partial charge in [0.25, 0.3) is 0 Å². The summed E-state index contributed by atoms with van der Waals surface area (Å²) in [6.07, 6.45) is 0. The second kappa shape index (κ2) is 15.7. The van der Waals surface area contributed by atoms with Gasteiger partial charge < -0.3 is 0 Å². The monoisotopic (exact) mass is 933 g/mol. The van der Waals surface area contributed by atoms with Gasteiger partial charge >= 0.3 is 348 Å². The summed E-state index contributed by atoms with van der Waals surface area (Å²) in [4.78, 5) is 0. The van der Waals surface area contributed by atoms with Crippen molar-refractivity contribution in [3.63, 3.8) is 0 Å². The topological polar surface area (TPSA) is 71.3 Å². The van der Waals surface area contributed by atoms with E-state index in [-0.39, 0.29) is 21.7 Å². The molecule has 0 atom stereocenters. The van der Waals surface area contributed by atoms with Crippen molar-refractivity contribution in [3.05, 3.63) is 91.0 Å². The van der Waals surface area contributed by atoms with Gasteiger partial charge in [-0.15, -0.1) is 0 Å². The van der Waals surface area contributed by atoms with Crippen LogP contribution in [0.5, 0.6) is 23.0 Å². The summed E-state index contributed by atoms with van der Waals surface area (Å²) < 4.78 is 20.0. The van der Waals surface area contributed by atoms with E-state index >= 15 is 0 Å². The molecule has 0 radical (unpaired) electrons. The van der Waals surface area contributed by atoms with Gasteiger partial charge in [0.2, 0.25) is 0 Å². The molecule has 4 aromatic carbocycles. The fraction of sp³-hybridized carbons (Fsp3) is 0.520. The predicted molar refractivity (Wildman–Crippen MR) is 234 cm³/mol. The van der Waals surface area contributed by atoms with E-state index in [0.717, 1.165) is 101 Å². The standard InChI is InChI=1S/2C24H34O2.C2H5N.W/c2*1-13-11-17(23(5,6)7)19(21(25)15(13)3)20-18(24(8,9)10)12-14(2)16(4)22(20)26;1-2-3;/h2*11-12,25-26H,1-10H3;2H2,1H3;/q;;;+2/p-2. The Bertz CT molecular complexity index is 2060. The summed E-state index contributed by atoms with van der Waals surface area (Å²) in [7, 11) is 0. The van der Waals surface area contributed by atoms with E-state index in [2.05, 4.69) is 149 Å². The Morgan fingerprint density at radius 3 is 0.946 bits per heavy atom. The van der Waals surface area contributed by atoms with Crippen molar-refractivity contribution in [3.8, 4) is 45.3 Å². The first-order chi connectivity index (χ1) is 25.4. The third kappa shape index (κ3) is 8.69. The van der Waals surface area contributed by atoms with E-state index in [9.17, 15) is 10.2 Å². The molecule has 4 aromatic rings. The zero-order valence-electron chi connectivity index (χ0n) is 38.6. The molecule has 5 nitrogen and oxygen atoms in total. The van der Waals surface area contributed by atoms with Gasteiger partial charge in [-0.2, -0.15) is 0 Å². The fourth-order valence-corrected chi connectivity index (χ4v) is 11.2. The molecule has 0 heterocycles. The summed E-state index contributed by atoms with van der Waals surface area (Å²) in [5.74, 6) is 2.05. The van der Waals surface area contributed by atoms with Crippen molar-refractivity contribution in [2.45, 2.75) is 167 Å². The molecule has 0 aliphatic rings. The summed E-state index contributed by atoms with van der Waals surface area (Å²) in [5, 5.41) is 24.4. The normalized spacial score (nSPS) is 12.8. The number of hydrogen-bond acceptors (Lipinski definition) is 5. The van der Waals surface area contributed by atoms with Crippen LogP contribution in [-0.4, -0.2) is 16.8 Å². The van der Waals surface area contributed by atoms with E-state index in [4.69, 9.17) is 10.3 Å². The van der Waals surface area contributed by atoms with E-state index in [1.165, 1.54) is 0 Å². The van der Waals surface area contributed by atoms with E-state index in [1.54, 1.807) is 0 Å². The number of hydrogen-bond donors (Lipinski definition) is 2. The molecule has 6 heteroatoms. The molecule has 2 N–H and O–H groups in total. The second-order valence-corrected chi connectivity index (χ2v) is 23.8. The molecule has 0 aliphatic carbocycles. The zero-order valence-corrected chi connectivity index (χ0v) is 41.5. The molecular weight excluding hydrogens is 862 g/mol. The molecule has 306 valence electrons. The first-order valence-electron chi connectivity index (χ1n) is 20.2. The molecule has 56 heavy (non-hydrogen) atoms. The van der Waals surface area contributed by atoms with Crippen LogP contribution in [0.25, 0.3) is 22.3 Å². The number of nitrogens with zero attached hydrogens (tertiary/aromatic N) is 1. The third-order valence-corrected chi connectivity index (χ3v) is 15.4. The summed E-state index contributed by atoms with van der Waals surface area (Å²) >= 11 is -3.74. The summed E-state index contributed by atoms with van der Waals surface area (Å²) in [5.41, 5.74) is 14.8. The molecule has 0 unspecified atom stereocenters. The van der Waals surface area contributed by atoms with Crippen LogP contribution < -0.4 is 6.78 Å². The van der Waals surface area contributed by atoms with Gasteiger partial charge in [0.15, 0.2) is 0 Å². The Kier molecular flexibility index (Phi) is 12.7. The van der Waals surface area contributed by atoms with E-state index in [1.807, 2.05) is 20.8 Å². The van der Waals surface area contributed by atoms with Crippen LogP contribution in [0.3, 0.4) is 0 Å². The summed E-state index contributed by atoms with van der Waals surface area (Å²) in [6, 6.07) is 9.02. The number of benzene rings is 4. The number of phenols is 2. The van der Waals surface area contributed by atoms with Crippen LogP contribution in [0.1, 0.15) is 157 Å². The number of aromatic hydroxyl groups is 2. The average Bonchev–Trinajstić information content (AvgIpc) is 3.05. The van der Waals surface area contributed by atoms with Crippen LogP contribution in [0.2, 0.25) is 0 Å². The van der Waals surface area contributed by atoms with Crippen molar-refractivity contribution >= 4 is 0 Å². The fourth-order valence-electron chi connectivity index (χ4n) is 7.46. The van der Waals surface area contributed by atoms with Crippen molar-refractivity contribution in [2.75, 3.05) is 6.54 Å². The number of aryl methyl sites for hydroxylation is 4. The van der Waals surface area contributed by atoms with Gasteiger partial charge in [-0.25, -0.2) is 0 Å². The predicted octanol–water partition coefficient (Wildman–Crippen LogP) is 14.2. The molecule has 0 aromatic heterocycles. The molecule has 0 saturated carbocycles. The Morgan fingerprint density at radius 2 is 0.696 bits per heavy atom. The average molecular weight is 934 g/mol. The van der Waals surface area contributed by atoms with Gasteiger partial charge in [0.05, 0.1) is 0 Å². The SMILES string of the molecule is CC[N]=[W]([O]c1c(C)c(C)cc(C(C)(C)C)c1-c1c(C(C)(C)C)cc(C)c(C)c1O)[O]c1c(C)c(C)cc(C(C)(C)C)c1-c1c(C(C)(C)C)cc(C)c(C)c1O. The molecule has 0 spiro atoms. The molecule has 0 aliphatic heterocycles. The van der Waals surface area contributed by atoms with Crippen LogP contribution in [-0.2, 0) is 39.5 Å². The first kappa shape index (κ1) is 45.3. The third-order valence-electron chi connectivity index (χ3n) is 11.5. The van der Waals surface area contributed by atoms with Crippen molar-refractivity contribution < 1.29 is 34.9 Å². The molecule has 0 saturated heterocycles. The van der Waals surface area contributed by atoms with Crippen LogP contribution >= 0.6 is 0 Å². The Labute approximate surface area is 346 Å². The van der Waals surface area contributed by atoms with Gasteiger partial charge in [-0.1, -0.05) is 0 Å². The van der Waals surface area contributed by atoms with Gasteiger partial charge in [0.1, 0.15) is 0 Å². The van der Waals surface area contributed by atoms with Gasteiger partial charge in [-0.3, -0.25) is 0 Å². The van der Waals surface area contributed by atoms with Crippen LogP contribution in [0, 0.1) is 55.4 Å². The van der Waals surface area contributed by atoms with Crippen LogP contribution in [0.15, 0.2) is 27.8 Å². The Morgan fingerprint density at radius 1 is 0.446 bits per heavy atom. The second-order valence-electron chi connectivity index (χ2n) is 20.1. The molecular formula is C50H71NO4W. The maximum absolute atomic E-state index is 12.2. The number of rotatable bonds is 7. The van der Waals surface area contributed by atoms with E-state index in [0.29, 0.717) is 18.0 Å². The molecule has 0 bridgehead atoms. The number of phenolic OH excluding ortho intramolecular Hbond substituents is 2. The van der Waals surface area contributed by atoms with Crippen LogP contribution in [0.4, 0.5) is 0 Å². The van der Waals surface area contributed by atoms with Crippen molar-refractivity contribution in [2.24, 2.45) is 3.50 Å². The minimum atomic E-state index is -3.74. The summed E-state index contributed by atoms with van der Waals surface area (Å²) in [6.45, 7) is 45.8.